The van der Waals surface area contributed by atoms with Crippen molar-refractivity contribution in [2.75, 3.05) is 11.9 Å². The Balaban J connectivity index is 2.23. The van der Waals surface area contributed by atoms with E-state index in [-0.39, 0.29) is 17.4 Å². The Bertz CT molecular complexity index is 447. The van der Waals surface area contributed by atoms with Crippen molar-refractivity contribution in [2.45, 2.75) is 32.7 Å². The van der Waals surface area contributed by atoms with Crippen molar-refractivity contribution in [3.8, 4) is 0 Å². The van der Waals surface area contributed by atoms with Crippen LogP contribution in [-0.2, 0) is 4.79 Å². The Hall–Kier alpha value is -1.72. The predicted octanol–water partition coefficient (Wildman–Crippen LogP) is 1.33. The largest absolute Gasteiger partial charge is 0.358 e. The first kappa shape index (κ1) is 12.7. The average Bonchev–Trinajstić information content (AvgIpc) is 2.68. The topological polar surface area (TPSA) is 66.9 Å². The third-order valence-corrected chi connectivity index (χ3v) is 3.82. The summed E-state index contributed by atoms with van der Waals surface area (Å²) < 4.78 is 13.0. The lowest BCUT2D eigenvalue weighted by Gasteiger charge is -2.31. The molecule has 2 N–H and O–H groups in total. The number of carbonyl (C=O) groups is 1. The van der Waals surface area contributed by atoms with Gasteiger partial charge >= 0.3 is 0 Å². The van der Waals surface area contributed by atoms with Gasteiger partial charge in [-0.15, -0.1) is 0 Å². The number of anilines is 1. The summed E-state index contributed by atoms with van der Waals surface area (Å²) in [6, 6.07) is 0.823. The van der Waals surface area contributed by atoms with Crippen molar-refractivity contribution in [1.29, 1.82) is 0 Å². The normalized spacial score (nSPS) is 21.7. The molecule has 0 aliphatic carbocycles. The van der Waals surface area contributed by atoms with Gasteiger partial charge in [0.05, 0.1) is 0 Å². The fraction of sp³-hybridized carbons (Fsp3) is 0.583. The van der Waals surface area contributed by atoms with Gasteiger partial charge in [0.25, 0.3) is 0 Å². The summed E-state index contributed by atoms with van der Waals surface area (Å²) in [5, 5.41) is 5.88. The zero-order valence-electron chi connectivity index (χ0n) is 10.5. The van der Waals surface area contributed by atoms with E-state index in [4.69, 9.17) is 0 Å². The van der Waals surface area contributed by atoms with Gasteiger partial charge in [-0.05, 0) is 12.8 Å². The van der Waals surface area contributed by atoms with Gasteiger partial charge in [0, 0.05) is 18.0 Å². The molecule has 1 aromatic rings. The van der Waals surface area contributed by atoms with Crippen LogP contribution >= 0.6 is 0 Å². The Kier molecular flexibility index (Phi) is 3.45. The van der Waals surface area contributed by atoms with Crippen LogP contribution in [0.4, 0.5) is 10.2 Å². The number of rotatable bonds is 4. The van der Waals surface area contributed by atoms with Gasteiger partial charge in [0.1, 0.15) is 18.2 Å². The smallest absolute Gasteiger partial charge is 0.243 e. The Morgan fingerprint density at radius 2 is 2.22 bits per heavy atom. The quantitative estimate of drug-likeness (QED) is 0.793. The molecule has 1 aromatic heterocycles. The van der Waals surface area contributed by atoms with Crippen LogP contribution in [-0.4, -0.2) is 28.5 Å². The van der Waals surface area contributed by atoms with E-state index in [0.717, 1.165) is 19.2 Å². The van der Waals surface area contributed by atoms with Gasteiger partial charge in [0.15, 0.2) is 0 Å². The summed E-state index contributed by atoms with van der Waals surface area (Å²) in [7, 11) is 0. The third kappa shape index (κ3) is 2.14. The number of nitrogens with one attached hydrogen (secondary N) is 2. The minimum atomic E-state index is -0.607. The van der Waals surface area contributed by atoms with Crippen molar-refractivity contribution in [2.24, 2.45) is 5.41 Å². The highest BCUT2D eigenvalue weighted by Gasteiger charge is 2.46. The van der Waals surface area contributed by atoms with E-state index in [9.17, 15) is 9.18 Å². The van der Waals surface area contributed by atoms with Crippen LogP contribution in [0.15, 0.2) is 12.4 Å². The number of hydrogen-bond acceptors (Lipinski definition) is 4. The molecule has 2 heterocycles. The van der Waals surface area contributed by atoms with Crippen LogP contribution in [0, 0.1) is 11.4 Å². The van der Waals surface area contributed by atoms with Crippen LogP contribution in [0.5, 0.6) is 0 Å². The van der Waals surface area contributed by atoms with E-state index in [1.54, 1.807) is 0 Å². The molecule has 1 aliphatic heterocycles. The van der Waals surface area contributed by atoms with Gasteiger partial charge in [-0.3, -0.25) is 4.79 Å². The molecule has 1 saturated heterocycles. The maximum absolute atomic E-state index is 13.0. The number of halogens is 1. The lowest BCUT2D eigenvalue weighted by atomic mass is 9.78. The summed E-state index contributed by atoms with van der Waals surface area (Å²) in [6.45, 7) is 4.75. The van der Waals surface area contributed by atoms with E-state index < -0.39 is 5.95 Å². The number of amides is 1. The lowest BCUT2D eigenvalue weighted by Crippen LogP contribution is -2.41. The minimum Gasteiger partial charge on any atom is -0.358 e. The number of hydrogen-bond donors (Lipinski definition) is 2. The summed E-state index contributed by atoms with van der Waals surface area (Å²) in [4.78, 5) is 19.2. The van der Waals surface area contributed by atoms with Crippen molar-refractivity contribution in [3.63, 3.8) is 0 Å². The molecule has 2 rings (SSSR count). The predicted molar refractivity (Wildman–Crippen MR) is 65.4 cm³/mol. The van der Waals surface area contributed by atoms with E-state index in [0.29, 0.717) is 12.4 Å². The molecule has 1 aliphatic rings. The molecular weight excluding hydrogens is 235 g/mol. The molecule has 1 unspecified atom stereocenters. The highest BCUT2D eigenvalue weighted by molar-refractivity contribution is 5.87. The highest BCUT2D eigenvalue weighted by atomic mass is 19.1. The minimum absolute atomic E-state index is 0.0577. The fourth-order valence-corrected chi connectivity index (χ4v) is 2.43. The first-order chi connectivity index (χ1) is 8.61. The van der Waals surface area contributed by atoms with E-state index in [1.807, 2.05) is 0 Å². The van der Waals surface area contributed by atoms with Crippen LogP contribution < -0.4 is 10.6 Å². The maximum atomic E-state index is 13.0. The van der Waals surface area contributed by atoms with Crippen molar-refractivity contribution in [3.05, 3.63) is 18.3 Å². The van der Waals surface area contributed by atoms with Crippen LogP contribution in [0.2, 0.25) is 0 Å². The zero-order valence-corrected chi connectivity index (χ0v) is 10.5. The molecular formula is C12H17FN4O. The SMILES string of the molecule is CCC1(CC)CNC(=O)C1Nc1cc(F)ncn1. The van der Waals surface area contributed by atoms with Crippen LogP contribution in [0.25, 0.3) is 0 Å². The second-order valence-corrected chi connectivity index (χ2v) is 4.59. The Morgan fingerprint density at radius 3 is 2.83 bits per heavy atom. The number of aromatic nitrogens is 2. The summed E-state index contributed by atoms with van der Waals surface area (Å²) >= 11 is 0. The van der Waals surface area contributed by atoms with Gasteiger partial charge < -0.3 is 10.6 Å². The number of nitrogens with zero attached hydrogens (tertiary/aromatic N) is 2. The molecule has 1 fully saturated rings. The van der Waals surface area contributed by atoms with E-state index in [2.05, 4.69) is 34.4 Å². The summed E-state index contributed by atoms with van der Waals surface area (Å²) in [5.41, 5.74) is -0.140. The third-order valence-electron chi connectivity index (χ3n) is 3.82. The second-order valence-electron chi connectivity index (χ2n) is 4.59. The molecule has 0 bridgehead atoms. The summed E-state index contributed by atoms with van der Waals surface area (Å²) in [5.74, 6) is -0.321. The Labute approximate surface area is 105 Å². The standard InChI is InChI=1S/C12H17FN4O/c1-3-12(4-2)6-14-11(18)10(12)17-9-5-8(13)15-7-16-9/h5,7,10H,3-4,6H2,1-2H3,(H,14,18)(H,15,16,17). The van der Waals surface area contributed by atoms with Gasteiger partial charge in [-0.2, -0.15) is 4.39 Å². The molecule has 1 atom stereocenters. The van der Waals surface area contributed by atoms with Crippen LogP contribution in [0.3, 0.4) is 0 Å². The van der Waals surface area contributed by atoms with Gasteiger partial charge in [-0.25, -0.2) is 9.97 Å². The molecule has 1 amide bonds. The molecule has 98 valence electrons. The fourth-order valence-electron chi connectivity index (χ4n) is 2.43. The van der Waals surface area contributed by atoms with Gasteiger partial charge in [-0.1, -0.05) is 13.8 Å². The monoisotopic (exact) mass is 252 g/mol. The zero-order chi connectivity index (χ0) is 13.2. The first-order valence-corrected chi connectivity index (χ1v) is 6.13. The van der Waals surface area contributed by atoms with E-state index >= 15 is 0 Å². The Morgan fingerprint density at radius 1 is 1.50 bits per heavy atom. The second kappa shape index (κ2) is 4.88. The number of carbonyl (C=O) groups excluding carboxylic acids is 1. The molecule has 6 heteroatoms. The molecule has 0 saturated carbocycles. The first-order valence-electron chi connectivity index (χ1n) is 6.13. The van der Waals surface area contributed by atoms with Crippen molar-refractivity contribution >= 4 is 11.7 Å². The van der Waals surface area contributed by atoms with Crippen LogP contribution in [0.1, 0.15) is 26.7 Å². The van der Waals surface area contributed by atoms with Gasteiger partial charge in [0.2, 0.25) is 11.9 Å². The molecule has 0 aromatic carbocycles. The molecule has 18 heavy (non-hydrogen) atoms. The molecule has 5 nitrogen and oxygen atoms in total. The van der Waals surface area contributed by atoms with Crippen molar-refractivity contribution < 1.29 is 9.18 Å². The lowest BCUT2D eigenvalue weighted by molar-refractivity contribution is -0.120. The van der Waals surface area contributed by atoms with Crippen molar-refractivity contribution in [1.82, 2.24) is 15.3 Å². The van der Waals surface area contributed by atoms with E-state index in [1.165, 1.54) is 6.07 Å². The maximum Gasteiger partial charge on any atom is 0.243 e. The summed E-state index contributed by atoms with van der Waals surface area (Å²) in [6.07, 6.45) is 2.88. The molecule has 0 spiro atoms. The molecule has 0 radical (unpaired) electrons. The highest BCUT2D eigenvalue weighted by Crippen LogP contribution is 2.35. The average molecular weight is 252 g/mol.